The van der Waals surface area contributed by atoms with Crippen LogP contribution in [0.5, 0.6) is 0 Å². The predicted octanol–water partition coefficient (Wildman–Crippen LogP) is 4.79. The van der Waals surface area contributed by atoms with E-state index in [2.05, 4.69) is 5.32 Å². The first-order valence-electron chi connectivity index (χ1n) is 8.34. The van der Waals surface area contributed by atoms with Crippen molar-refractivity contribution in [1.29, 1.82) is 0 Å². The lowest BCUT2D eigenvalue weighted by Crippen LogP contribution is -2.42. The first kappa shape index (κ1) is 18.0. The Kier molecular flexibility index (Phi) is 4.63. The van der Waals surface area contributed by atoms with Gasteiger partial charge in [-0.2, -0.15) is 4.31 Å². The number of halogens is 2. The van der Waals surface area contributed by atoms with Crippen LogP contribution in [-0.2, 0) is 16.6 Å². The van der Waals surface area contributed by atoms with Crippen LogP contribution in [-0.4, -0.2) is 12.7 Å². The molecule has 3 aromatic carbocycles. The van der Waals surface area contributed by atoms with E-state index >= 15 is 0 Å². The molecule has 0 amide bonds. The Bertz CT molecular complexity index is 1070. The van der Waals surface area contributed by atoms with Crippen molar-refractivity contribution < 1.29 is 12.8 Å². The van der Waals surface area contributed by atoms with E-state index in [4.69, 9.17) is 11.6 Å². The second-order valence-electron chi connectivity index (χ2n) is 6.21. The summed E-state index contributed by atoms with van der Waals surface area (Å²) in [5.74, 6) is -0.562. The zero-order valence-electron chi connectivity index (χ0n) is 14.1. The Balaban J connectivity index is 1.90. The van der Waals surface area contributed by atoms with Crippen molar-refractivity contribution in [3.05, 3.63) is 94.8 Å². The predicted molar refractivity (Wildman–Crippen MR) is 103 cm³/mol. The Morgan fingerprint density at radius 2 is 1.67 bits per heavy atom. The van der Waals surface area contributed by atoms with Gasteiger partial charge in [0.25, 0.3) is 0 Å². The van der Waals surface area contributed by atoms with Crippen LogP contribution in [0.1, 0.15) is 17.3 Å². The van der Waals surface area contributed by atoms with Crippen molar-refractivity contribution in [1.82, 2.24) is 4.31 Å². The fraction of sp³-hybridized carbons (Fsp3) is 0.100. The van der Waals surface area contributed by atoms with Crippen molar-refractivity contribution in [3.63, 3.8) is 0 Å². The van der Waals surface area contributed by atoms with E-state index in [0.29, 0.717) is 5.69 Å². The Morgan fingerprint density at radius 3 is 2.41 bits per heavy atom. The second kappa shape index (κ2) is 6.96. The van der Waals surface area contributed by atoms with E-state index in [9.17, 15) is 12.8 Å². The number of para-hydroxylation sites is 1. The topological polar surface area (TPSA) is 49.4 Å². The summed E-state index contributed by atoms with van der Waals surface area (Å²) >= 11 is 6.25. The van der Waals surface area contributed by atoms with Crippen LogP contribution in [0, 0.1) is 5.82 Å². The van der Waals surface area contributed by atoms with E-state index in [1.54, 1.807) is 24.3 Å². The molecule has 1 aliphatic rings. The largest absolute Gasteiger partial charge is 0.364 e. The molecule has 0 spiro atoms. The first-order chi connectivity index (χ1) is 13.0. The second-order valence-corrected chi connectivity index (χ2v) is 8.48. The summed E-state index contributed by atoms with van der Waals surface area (Å²) in [5, 5.41) is 3.31. The van der Waals surface area contributed by atoms with Crippen LogP contribution in [0.3, 0.4) is 0 Å². The number of sulfonamides is 1. The van der Waals surface area contributed by atoms with Gasteiger partial charge in [-0.3, -0.25) is 0 Å². The van der Waals surface area contributed by atoms with E-state index < -0.39 is 22.0 Å². The van der Waals surface area contributed by atoms with Crippen molar-refractivity contribution in [2.75, 3.05) is 5.32 Å². The third kappa shape index (κ3) is 3.20. The normalized spacial score (nSPS) is 18.5. The van der Waals surface area contributed by atoms with Crippen molar-refractivity contribution >= 4 is 27.3 Å². The number of benzene rings is 3. The van der Waals surface area contributed by atoms with Gasteiger partial charge in [-0.25, -0.2) is 12.8 Å². The minimum Gasteiger partial charge on any atom is -0.364 e. The van der Waals surface area contributed by atoms with E-state index in [1.807, 2.05) is 30.3 Å². The number of hydrogen-bond acceptors (Lipinski definition) is 3. The monoisotopic (exact) mass is 402 g/mol. The molecule has 3 aromatic rings. The molecule has 1 N–H and O–H groups in total. The van der Waals surface area contributed by atoms with Gasteiger partial charge in [-0.05, 0) is 29.8 Å². The SMILES string of the molecule is O=S1(=O)c2ccccc2N[C@H](c2c(F)cccc2Cl)N1Cc1ccccc1. The molecule has 1 heterocycles. The van der Waals surface area contributed by atoms with Gasteiger partial charge in [0, 0.05) is 12.1 Å². The summed E-state index contributed by atoms with van der Waals surface area (Å²) in [6.45, 7) is 0.0832. The van der Waals surface area contributed by atoms with Gasteiger partial charge in [0.2, 0.25) is 10.0 Å². The number of nitrogens with zero attached hydrogens (tertiary/aromatic N) is 1. The van der Waals surface area contributed by atoms with E-state index in [-0.39, 0.29) is 22.0 Å². The summed E-state index contributed by atoms with van der Waals surface area (Å²) in [6, 6.07) is 20.1. The average Bonchev–Trinajstić information content (AvgIpc) is 2.65. The van der Waals surface area contributed by atoms with Crippen LogP contribution in [0.15, 0.2) is 77.7 Å². The maximum atomic E-state index is 14.6. The van der Waals surface area contributed by atoms with Gasteiger partial charge in [-0.15, -0.1) is 0 Å². The lowest BCUT2D eigenvalue weighted by Gasteiger charge is -2.37. The molecular formula is C20H16ClFN2O2S. The molecule has 4 rings (SSSR count). The van der Waals surface area contributed by atoms with Gasteiger partial charge < -0.3 is 5.32 Å². The maximum absolute atomic E-state index is 14.6. The van der Waals surface area contributed by atoms with Crippen LogP contribution in [0.25, 0.3) is 0 Å². The van der Waals surface area contributed by atoms with Gasteiger partial charge in [0.1, 0.15) is 16.9 Å². The van der Waals surface area contributed by atoms with E-state index in [1.165, 1.54) is 22.5 Å². The molecule has 4 nitrogen and oxygen atoms in total. The van der Waals surface area contributed by atoms with Crippen LogP contribution in [0.2, 0.25) is 5.02 Å². The lowest BCUT2D eigenvalue weighted by atomic mass is 10.1. The van der Waals surface area contributed by atoms with Crippen molar-refractivity contribution in [2.45, 2.75) is 17.6 Å². The quantitative estimate of drug-likeness (QED) is 0.685. The van der Waals surface area contributed by atoms with Gasteiger partial charge in [0.05, 0.1) is 10.7 Å². The molecule has 1 atom stereocenters. The molecule has 27 heavy (non-hydrogen) atoms. The third-order valence-electron chi connectivity index (χ3n) is 4.51. The molecule has 0 radical (unpaired) electrons. The highest BCUT2D eigenvalue weighted by Gasteiger charge is 2.40. The molecule has 0 bridgehead atoms. The summed E-state index contributed by atoms with van der Waals surface area (Å²) in [5.41, 5.74) is 1.32. The highest BCUT2D eigenvalue weighted by molar-refractivity contribution is 7.89. The summed E-state index contributed by atoms with van der Waals surface area (Å²) in [7, 11) is -3.87. The minimum atomic E-state index is -3.87. The molecule has 7 heteroatoms. The van der Waals surface area contributed by atoms with Crippen molar-refractivity contribution in [2.24, 2.45) is 0 Å². The molecule has 0 fully saturated rings. The molecule has 138 valence electrons. The molecule has 0 aliphatic carbocycles. The highest BCUT2D eigenvalue weighted by atomic mass is 35.5. The standard InChI is InChI=1S/C20H16ClFN2O2S/c21-15-9-6-10-16(22)19(15)20-23-17-11-4-5-12-18(17)27(25,26)24(20)13-14-7-2-1-3-8-14/h1-12,20,23H,13H2/t20-/m0/s1. The number of nitrogens with one attached hydrogen (secondary N) is 1. The molecular weight excluding hydrogens is 387 g/mol. The molecule has 0 saturated heterocycles. The maximum Gasteiger partial charge on any atom is 0.247 e. The fourth-order valence-electron chi connectivity index (χ4n) is 3.22. The van der Waals surface area contributed by atoms with E-state index in [0.717, 1.165) is 5.56 Å². The van der Waals surface area contributed by atoms with Crippen LogP contribution in [0.4, 0.5) is 10.1 Å². The molecule has 0 saturated carbocycles. The summed E-state index contributed by atoms with van der Waals surface area (Å²) in [4.78, 5) is 0.157. The van der Waals surface area contributed by atoms with Crippen LogP contribution < -0.4 is 5.32 Å². The summed E-state index contributed by atoms with van der Waals surface area (Å²) in [6.07, 6.45) is -0.959. The third-order valence-corrected chi connectivity index (χ3v) is 6.71. The summed E-state index contributed by atoms with van der Waals surface area (Å²) < 4.78 is 42.5. The Labute approximate surface area is 162 Å². The highest BCUT2D eigenvalue weighted by Crippen LogP contribution is 2.41. The Morgan fingerprint density at radius 1 is 0.963 bits per heavy atom. The Hall–Kier alpha value is -2.41. The van der Waals surface area contributed by atoms with Crippen LogP contribution >= 0.6 is 11.6 Å². The first-order valence-corrected chi connectivity index (χ1v) is 10.2. The minimum absolute atomic E-state index is 0.0832. The molecule has 1 aliphatic heterocycles. The zero-order valence-corrected chi connectivity index (χ0v) is 15.7. The van der Waals surface area contributed by atoms with Gasteiger partial charge in [0.15, 0.2) is 0 Å². The number of hydrogen-bond donors (Lipinski definition) is 1. The number of anilines is 1. The fourth-order valence-corrected chi connectivity index (χ4v) is 5.15. The number of rotatable bonds is 3. The lowest BCUT2D eigenvalue weighted by molar-refractivity contribution is 0.329. The zero-order chi connectivity index (χ0) is 19.0. The molecule has 0 aromatic heterocycles. The smallest absolute Gasteiger partial charge is 0.247 e. The van der Waals surface area contributed by atoms with Gasteiger partial charge >= 0.3 is 0 Å². The van der Waals surface area contributed by atoms with Gasteiger partial charge in [-0.1, -0.05) is 60.1 Å². The molecule has 0 unspecified atom stereocenters. The number of fused-ring (bicyclic) bond motifs is 1. The van der Waals surface area contributed by atoms with Crippen molar-refractivity contribution in [3.8, 4) is 0 Å². The average molecular weight is 403 g/mol.